The first-order valence-electron chi connectivity index (χ1n) is 8.62. The Labute approximate surface area is 158 Å². The van der Waals surface area contributed by atoms with Gasteiger partial charge in [0.2, 0.25) is 5.91 Å². The van der Waals surface area contributed by atoms with Crippen LogP contribution in [0.1, 0.15) is 29.0 Å². The monoisotopic (exact) mass is 390 g/mol. The molecule has 2 aromatic rings. The highest BCUT2D eigenvalue weighted by molar-refractivity contribution is 7.14. The minimum atomic E-state index is -1.02. The highest BCUT2D eigenvalue weighted by Crippen LogP contribution is 2.44. The number of anilines is 1. The van der Waals surface area contributed by atoms with Crippen LogP contribution in [0.5, 0.6) is 0 Å². The van der Waals surface area contributed by atoms with E-state index < -0.39 is 29.8 Å². The Hall–Kier alpha value is -2.65. The molecule has 2 aliphatic rings. The van der Waals surface area contributed by atoms with Crippen LogP contribution in [-0.4, -0.2) is 35.1 Å². The van der Waals surface area contributed by atoms with Crippen LogP contribution in [0.25, 0.3) is 0 Å². The lowest BCUT2D eigenvalue weighted by Gasteiger charge is -2.23. The van der Waals surface area contributed by atoms with Crippen LogP contribution in [-0.2, 0) is 20.9 Å². The zero-order valence-corrected chi connectivity index (χ0v) is 15.0. The minimum absolute atomic E-state index is 0.233. The number of amides is 2. The van der Waals surface area contributed by atoms with Gasteiger partial charge in [-0.15, -0.1) is 11.3 Å². The molecule has 2 fully saturated rings. The molecule has 4 rings (SSSR count). The lowest BCUT2D eigenvalue weighted by atomic mass is 9.79. The van der Waals surface area contributed by atoms with Gasteiger partial charge in [0.15, 0.2) is 0 Å². The van der Waals surface area contributed by atoms with E-state index in [4.69, 9.17) is 9.15 Å². The number of carbonyl (C=O) groups excluding carboxylic acids is 2. The molecule has 2 saturated heterocycles. The number of furan rings is 1. The molecule has 8 nitrogen and oxygen atoms in total. The maximum Gasteiger partial charge on any atom is 0.310 e. The Kier molecular flexibility index (Phi) is 4.71. The second-order valence-electron chi connectivity index (χ2n) is 6.59. The van der Waals surface area contributed by atoms with Crippen LogP contribution in [0, 0.1) is 11.8 Å². The number of hydrogen-bond acceptors (Lipinski definition) is 6. The molecule has 4 heterocycles. The van der Waals surface area contributed by atoms with Crippen LogP contribution in [0.2, 0.25) is 0 Å². The number of thiophene rings is 1. The van der Waals surface area contributed by atoms with Gasteiger partial charge in [-0.25, -0.2) is 0 Å². The topological polar surface area (TPSA) is 118 Å². The second-order valence-corrected chi connectivity index (χ2v) is 7.51. The number of carboxylic acid groups (broad SMARTS) is 1. The van der Waals surface area contributed by atoms with Crippen LogP contribution in [0.15, 0.2) is 34.3 Å². The number of carboxylic acids is 1. The highest BCUT2D eigenvalue weighted by Gasteiger charge is 2.55. The third-order valence-electron chi connectivity index (χ3n) is 5.01. The van der Waals surface area contributed by atoms with E-state index in [1.54, 1.807) is 23.6 Å². The SMILES string of the molecule is O=C(NCc1ccco1)c1ccsc1NC(=O)[C@H]1[C@H](C(=O)O)[C@H]2CC[C@H]1O2. The van der Waals surface area contributed by atoms with E-state index in [0.717, 1.165) is 0 Å². The smallest absolute Gasteiger partial charge is 0.310 e. The maximum atomic E-state index is 12.7. The van der Waals surface area contributed by atoms with Gasteiger partial charge in [-0.2, -0.15) is 0 Å². The van der Waals surface area contributed by atoms with Crippen LogP contribution in [0.3, 0.4) is 0 Å². The van der Waals surface area contributed by atoms with Gasteiger partial charge in [-0.1, -0.05) is 0 Å². The standard InChI is InChI=1S/C18H18N2O6S/c21-15(19-8-9-2-1-6-25-9)10-5-7-27-17(10)20-16(22)13-11-3-4-12(26-11)14(13)18(23)24/h1-2,5-7,11-14H,3-4,8H2,(H,19,21)(H,20,22)(H,23,24)/t11-,12-,13-,14-/m1/s1. The molecule has 2 aliphatic heterocycles. The van der Waals surface area contributed by atoms with Crippen molar-refractivity contribution in [1.82, 2.24) is 5.32 Å². The average molecular weight is 390 g/mol. The molecule has 0 aliphatic carbocycles. The molecular weight excluding hydrogens is 372 g/mol. The van der Waals surface area contributed by atoms with E-state index in [0.29, 0.717) is 29.2 Å². The Morgan fingerprint density at radius 3 is 2.67 bits per heavy atom. The molecule has 0 radical (unpaired) electrons. The summed E-state index contributed by atoms with van der Waals surface area (Å²) in [4.78, 5) is 36.7. The van der Waals surface area contributed by atoms with Gasteiger partial charge in [-0.3, -0.25) is 14.4 Å². The van der Waals surface area contributed by atoms with Gasteiger partial charge in [0.25, 0.3) is 5.91 Å². The minimum Gasteiger partial charge on any atom is -0.481 e. The van der Waals surface area contributed by atoms with Crippen molar-refractivity contribution in [2.75, 3.05) is 5.32 Å². The van der Waals surface area contributed by atoms with Crippen molar-refractivity contribution in [3.8, 4) is 0 Å². The van der Waals surface area contributed by atoms with Crippen LogP contribution < -0.4 is 10.6 Å². The third kappa shape index (κ3) is 3.35. The van der Waals surface area contributed by atoms with Crippen molar-refractivity contribution in [1.29, 1.82) is 0 Å². The Morgan fingerprint density at radius 1 is 1.19 bits per heavy atom. The van der Waals surface area contributed by atoms with Crippen molar-refractivity contribution in [3.63, 3.8) is 0 Å². The van der Waals surface area contributed by atoms with Gasteiger partial charge in [0.1, 0.15) is 10.8 Å². The summed E-state index contributed by atoms with van der Waals surface area (Å²) in [6, 6.07) is 5.09. The number of carbonyl (C=O) groups is 3. The van der Waals surface area contributed by atoms with Gasteiger partial charge >= 0.3 is 5.97 Å². The van der Waals surface area contributed by atoms with Gasteiger partial charge in [0, 0.05) is 0 Å². The van der Waals surface area contributed by atoms with Crippen molar-refractivity contribution in [2.45, 2.75) is 31.6 Å². The molecule has 3 N–H and O–H groups in total. The Morgan fingerprint density at radius 2 is 1.96 bits per heavy atom. The molecule has 2 amide bonds. The largest absolute Gasteiger partial charge is 0.481 e. The van der Waals surface area contributed by atoms with E-state index in [1.165, 1.54) is 17.6 Å². The van der Waals surface area contributed by atoms with Crippen molar-refractivity contribution < 1.29 is 28.6 Å². The van der Waals surface area contributed by atoms with Gasteiger partial charge < -0.3 is 24.9 Å². The lowest BCUT2D eigenvalue weighted by molar-refractivity contribution is -0.147. The fraction of sp³-hybridized carbons (Fsp3) is 0.389. The lowest BCUT2D eigenvalue weighted by Crippen LogP contribution is -2.41. The summed E-state index contributed by atoms with van der Waals surface area (Å²) >= 11 is 1.21. The summed E-state index contributed by atoms with van der Waals surface area (Å²) in [7, 11) is 0. The number of rotatable bonds is 6. The molecular formula is C18H18N2O6S. The van der Waals surface area contributed by atoms with Crippen LogP contribution >= 0.6 is 11.3 Å². The Bertz CT molecular complexity index is 861. The second kappa shape index (κ2) is 7.16. The molecule has 0 spiro atoms. The summed E-state index contributed by atoms with van der Waals surface area (Å²) in [5.74, 6) is -2.76. The predicted octanol–water partition coefficient (Wildman–Crippen LogP) is 2.09. The first-order valence-corrected chi connectivity index (χ1v) is 9.49. The normalized spacial score (nSPS) is 26.1. The summed E-state index contributed by atoms with van der Waals surface area (Å²) in [6.45, 7) is 0.233. The number of fused-ring (bicyclic) bond motifs is 2. The van der Waals surface area contributed by atoms with Gasteiger partial charge in [-0.05, 0) is 36.4 Å². The van der Waals surface area contributed by atoms with E-state index in [-0.39, 0.29) is 18.6 Å². The summed E-state index contributed by atoms with van der Waals surface area (Å²) in [6.07, 6.45) is 2.06. The molecule has 27 heavy (non-hydrogen) atoms. The molecule has 0 saturated carbocycles. The summed E-state index contributed by atoms with van der Waals surface area (Å²) in [5, 5.41) is 17.0. The van der Waals surface area contributed by atoms with Crippen molar-refractivity contribution >= 4 is 34.1 Å². The van der Waals surface area contributed by atoms with Crippen molar-refractivity contribution in [3.05, 3.63) is 41.2 Å². The van der Waals surface area contributed by atoms with E-state index in [2.05, 4.69) is 10.6 Å². The van der Waals surface area contributed by atoms with E-state index in [1.807, 2.05) is 0 Å². The molecule has 142 valence electrons. The summed E-state index contributed by atoms with van der Waals surface area (Å²) < 4.78 is 10.8. The molecule has 4 atom stereocenters. The average Bonchev–Trinajstić information content (AvgIpc) is 3.42. The van der Waals surface area contributed by atoms with Crippen LogP contribution in [0.4, 0.5) is 5.00 Å². The fourth-order valence-electron chi connectivity index (χ4n) is 3.78. The number of ether oxygens (including phenoxy) is 1. The summed E-state index contributed by atoms with van der Waals surface area (Å²) in [5.41, 5.74) is 0.329. The van der Waals surface area contributed by atoms with E-state index >= 15 is 0 Å². The van der Waals surface area contributed by atoms with Crippen molar-refractivity contribution in [2.24, 2.45) is 11.8 Å². The molecule has 0 aromatic carbocycles. The third-order valence-corrected chi connectivity index (χ3v) is 5.84. The highest BCUT2D eigenvalue weighted by atomic mass is 32.1. The molecule has 0 unspecified atom stereocenters. The van der Waals surface area contributed by atoms with E-state index in [9.17, 15) is 19.5 Å². The fourth-order valence-corrected chi connectivity index (χ4v) is 4.57. The first-order chi connectivity index (χ1) is 13.0. The number of hydrogen-bond donors (Lipinski definition) is 3. The number of nitrogens with one attached hydrogen (secondary N) is 2. The quantitative estimate of drug-likeness (QED) is 0.695. The zero-order chi connectivity index (χ0) is 19.0. The maximum absolute atomic E-state index is 12.7. The molecule has 2 aromatic heterocycles. The first kappa shape index (κ1) is 17.7. The molecule has 9 heteroatoms. The Balaban J connectivity index is 1.44. The molecule has 2 bridgehead atoms. The van der Waals surface area contributed by atoms with Gasteiger partial charge in [0.05, 0.1) is 42.4 Å². The predicted molar refractivity (Wildman–Crippen MR) is 95.3 cm³/mol. The number of aliphatic carboxylic acids is 1. The zero-order valence-electron chi connectivity index (χ0n) is 14.2.